The standard InChI is InChI=1S/C9H6F12O3/c10-5(11,7(15,16)8(17,18)9(19,20)21)1-2-23-4(22)24-3-6(12,13)14/h1-3H2. The van der Waals surface area contributed by atoms with Gasteiger partial charge in [-0.05, 0) is 0 Å². The molecule has 0 aliphatic heterocycles. The fourth-order valence-corrected chi connectivity index (χ4v) is 1.01. The summed E-state index contributed by atoms with van der Waals surface area (Å²) in [6.07, 6.45) is -16.8. The van der Waals surface area contributed by atoms with Crippen molar-refractivity contribution in [1.82, 2.24) is 0 Å². The third kappa shape index (κ3) is 5.22. The van der Waals surface area contributed by atoms with Crippen LogP contribution in [0.3, 0.4) is 0 Å². The van der Waals surface area contributed by atoms with Gasteiger partial charge < -0.3 is 9.47 Å². The lowest BCUT2D eigenvalue weighted by Gasteiger charge is -2.33. The molecule has 3 nitrogen and oxygen atoms in total. The van der Waals surface area contributed by atoms with Gasteiger partial charge in [0.1, 0.15) is 6.61 Å². The van der Waals surface area contributed by atoms with Gasteiger partial charge in [0.05, 0.1) is 6.42 Å². The molecule has 0 fully saturated rings. The first kappa shape index (κ1) is 22.4. The summed E-state index contributed by atoms with van der Waals surface area (Å²) in [4.78, 5) is 10.5. The predicted molar refractivity (Wildman–Crippen MR) is 48.9 cm³/mol. The average molecular weight is 390 g/mol. The summed E-state index contributed by atoms with van der Waals surface area (Å²) >= 11 is 0. The quantitative estimate of drug-likeness (QED) is 0.493. The average Bonchev–Trinajstić information content (AvgIpc) is 2.33. The van der Waals surface area contributed by atoms with Crippen molar-refractivity contribution in [3.05, 3.63) is 0 Å². The largest absolute Gasteiger partial charge is 0.508 e. The molecule has 0 spiro atoms. The number of hydrogen-bond donors (Lipinski definition) is 0. The van der Waals surface area contributed by atoms with E-state index in [-0.39, 0.29) is 0 Å². The van der Waals surface area contributed by atoms with Crippen LogP contribution < -0.4 is 0 Å². The molecule has 0 aromatic carbocycles. The molecule has 0 heterocycles. The highest BCUT2D eigenvalue weighted by molar-refractivity contribution is 5.59. The number of halogens is 12. The van der Waals surface area contributed by atoms with Crippen molar-refractivity contribution < 1.29 is 67.0 Å². The zero-order chi connectivity index (χ0) is 19.6. The van der Waals surface area contributed by atoms with Crippen LogP contribution >= 0.6 is 0 Å². The Balaban J connectivity index is 4.78. The minimum absolute atomic E-state index is 1.91. The Bertz CT molecular complexity index is 438. The molecule has 0 saturated carbocycles. The Labute approximate surface area is 124 Å². The molecule has 0 aliphatic carbocycles. The highest BCUT2D eigenvalue weighted by atomic mass is 19.4. The van der Waals surface area contributed by atoms with Crippen molar-refractivity contribution in [3.8, 4) is 0 Å². The summed E-state index contributed by atoms with van der Waals surface area (Å²) in [7, 11) is 0. The van der Waals surface area contributed by atoms with Crippen LogP contribution in [0.1, 0.15) is 6.42 Å². The fourth-order valence-electron chi connectivity index (χ4n) is 1.01. The number of rotatable bonds is 6. The molecule has 0 amide bonds. The Morgan fingerprint density at radius 2 is 1.17 bits per heavy atom. The van der Waals surface area contributed by atoms with Crippen molar-refractivity contribution in [3.63, 3.8) is 0 Å². The normalized spacial score (nSPS) is 14.5. The first-order chi connectivity index (χ1) is 10.4. The van der Waals surface area contributed by atoms with E-state index in [1.54, 1.807) is 0 Å². The zero-order valence-electron chi connectivity index (χ0n) is 10.9. The van der Waals surface area contributed by atoms with E-state index in [1.165, 1.54) is 0 Å². The first-order valence-corrected chi connectivity index (χ1v) is 5.41. The Kier molecular flexibility index (Phi) is 6.30. The van der Waals surface area contributed by atoms with E-state index in [0.29, 0.717) is 0 Å². The third-order valence-corrected chi connectivity index (χ3v) is 2.20. The lowest BCUT2D eigenvalue weighted by Crippen LogP contribution is -2.61. The highest BCUT2D eigenvalue weighted by Crippen LogP contribution is 2.53. The van der Waals surface area contributed by atoms with Crippen molar-refractivity contribution in [2.24, 2.45) is 0 Å². The monoisotopic (exact) mass is 390 g/mol. The number of hydrogen-bond acceptors (Lipinski definition) is 3. The minimum atomic E-state index is -7.11. The zero-order valence-corrected chi connectivity index (χ0v) is 10.9. The maximum Gasteiger partial charge on any atom is 0.508 e. The van der Waals surface area contributed by atoms with Crippen LogP contribution in [0.2, 0.25) is 0 Å². The van der Waals surface area contributed by atoms with Crippen LogP contribution in [-0.4, -0.2) is 49.5 Å². The summed E-state index contributed by atoms with van der Waals surface area (Å²) in [5, 5.41) is 0. The second kappa shape index (κ2) is 6.74. The molecule has 0 aromatic heterocycles. The van der Waals surface area contributed by atoms with Gasteiger partial charge in [0.2, 0.25) is 0 Å². The maximum atomic E-state index is 12.9. The van der Waals surface area contributed by atoms with E-state index >= 15 is 0 Å². The molecule has 0 aliphatic rings. The predicted octanol–water partition coefficient (Wildman–Crippen LogP) is 4.56. The fraction of sp³-hybridized carbons (Fsp3) is 0.889. The van der Waals surface area contributed by atoms with E-state index in [4.69, 9.17) is 0 Å². The molecule has 144 valence electrons. The number of carbonyl (C=O) groups is 1. The van der Waals surface area contributed by atoms with Crippen molar-refractivity contribution in [1.29, 1.82) is 0 Å². The van der Waals surface area contributed by atoms with Crippen LogP contribution in [-0.2, 0) is 9.47 Å². The molecule has 0 radical (unpaired) electrons. The smallest absolute Gasteiger partial charge is 0.434 e. The van der Waals surface area contributed by atoms with Gasteiger partial charge in [0, 0.05) is 0 Å². The van der Waals surface area contributed by atoms with Crippen LogP contribution in [0.25, 0.3) is 0 Å². The molecule has 24 heavy (non-hydrogen) atoms. The highest BCUT2D eigenvalue weighted by Gasteiger charge is 2.81. The lowest BCUT2D eigenvalue weighted by atomic mass is 10.0. The Hall–Kier alpha value is -1.57. The molecule has 15 heteroatoms. The SMILES string of the molecule is O=C(OCCC(F)(F)C(F)(F)C(F)(F)C(F)(F)F)OCC(F)(F)F. The molecule has 0 aromatic rings. The second-order valence-corrected chi connectivity index (χ2v) is 4.10. The van der Waals surface area contributed by atoms with Gasteiger partial charge in [-0.2, -0.15) is 52.7 Å². The van der Waals surface area contributed by atoms with Crippen molar-refractivity contribution in [2.75, 3.05) is 13.2 Å². The van der Waals surface area contributed by atoms with Gasteiger partial charge in [-0.3, -0.25) is 0 Å². The van der Waals surface area contributed by atoms with E-state index in [1.807, 2.05) is 0 Å². The molecule has 0 bridgehead atoms. The summed E-state index contributed by atoms with van der Waals surface area (Å²) < 4.78 is 153. The van der Waals surface area contributed by atoms with Gasteiger partial charge in [0.15, 0.2) is 6.61 Å². The number of ether oxygens (including phenoxy) is 2. The molecule has 0 rings (SSSR count). The second-order valence-electron chi connectivity index (χ2n) is 4.10. The Morgan fingerprint density at radius 1 is 0.708 bits per heavy atom. The van der Waals surface area contributed by atoms with Crippen molar-refractivity contribution >= 4 is 6.16 Å². The summed E-state index contributed by atoms with van der Waals surface area (Å²) in [5.74, 6) is -20.0. The molecule has 0 N–H and O–H groups in total. The van der Waals surface area contributed by atoms with Gasteiger partial charge in [0.25, 0.3) is 0 Å². The van der Waals surface area contributed by atoms with Crippen molar-refractivity contribution in [2.45, 2.75) is 36.5 Å². The third-order valence-electron chi connectivity index (χ3n) is 2.20. The summed E-state index contributed by atoms with van der Waals surface area (Å²) in [6.45, 7) is -4.14. The lowest BCUT2D eigenvalue weighted by molar-refractivity contribution is -0.397. The molecule has 0 saturated heterocycles. The first-order valence-electron chi connectivity index (χ1n) is 5.41. The topological polar surface area (TPSA) is 35.5 Å². The summed E-state index contributed by atoms with van der Waals surface area (Å²) in [6, 6.07) is 0. The van der Waals surface area contributed by atoms with Gasteiger partial charge >= 0.3 is 36.3 Å². The molecule has 0 atom stereocenters. The number of alkyl halides is 12. The Morgan fingerprint density at radius 3 is 1.54 bits per heavy atom. The van der Waals surface area contributed by atoms with Gasteiger partial charge in [-0.25, -0.2) is 4.79 Å². The molecule has 0 unspecified atom stereocenters. The molecular formula is C9H6F12O3. The van der Waals surface area contributed by atoms with E-state index < -0.39 is 55.9 Å². The van der Waals surface area contributed by atoms with Crippen LogP contribution in [0.5, 0.6) is 0 Å². The van der Waals surface area contributed by atoms with Gasteiger partial charge in [-0.15, -0.1) is 0 Å². The van der Waals surface area contributed by atoms with E-state index in [0.717, 1.165) is 0 Å². The van der Waals surface area contributed by atoms with Crippen LogP contribution in [0.4, 0.5) is 57.5 Å². The minimum Gasteiger partial charge on any atom is -0.434 e. The van der Waals surface area contributed by atoms with E-state index in [9.17, 15) is 57.5 Å². The number of carbonyl (C=O) groups excluding carboxylic acids is 1. The van der Waals surface area contributed by atoms with Crippen LogP contribution in [0, 0.1) is 0 Å². The van der Waals surface area contributed by atoms with Gasteiger partial charge in [-0.1, -0.05) is 0 Å². The van der Waals surface area contributed by atoms with Crippen LogP contribution in [0.15, 0.2) is 0 Å². The summed E-state index contributed by atoms with van der Waals surface area (Å²) in [5.41, 5.74) is 0. The molecular weight excluding hydrogens is 384 g/mol. The maximum absolute atomic E-state index is 12.9. The van der Waals surface area contributed by atoms with E-state index in [2.05, 4.69) is 9.47 Å².